The first kappa shape index (κ1) is 15.2. The quantitative estimate of drug-likeness (QED) is 0.772. The molecule has 2 heterocycles. The standard InChI is InChI=1S/C13H26N2O3S/c1-12-10-15(13(2,3)11-18-12)19(16,17)9-8-14-6-4-5-7-14/h12H,4-11H2,1-3H3. The summed E-state index contributed by atoms with van der Waals surface area (Å²) < 4.78 is 32.3. The van der Waals surface area contributed by atoms with Crippen LogP contribution in [0.4, 0.5) is 0 Å². The number of rotatable bonds is 4. The normalized spacial score (nSPS) is 29.7. The Morgan fingerprint density at radius 3 is 2.53 bits per heavy atom. The summed E-state index contributed by atoms with van der Waals surface area (Å²) in [5.41, 5.74) is -0.434. The number of hydrogen-bond acceptors (Lipinski definition) is 4. The van der Waals surface area contributed by atoms with E-state index in [1.165, 1.54) is 12.8 Å². The second-order valence-corrected chi connectivity index (χ2v) is 8.34. The van der Waals surface area contributed by atoms with Crippen molar-refractivity contribution in [3.05, 3.63) is 0 Å². The second-order valence-electron chi connectivity index (χ2n) is 6.33. The average Bonchev–Trinajstić information content (AvgIpc) is 2.83. The molecule has 6 heteroatoms. The summed E-state index contributed by atoms with van der Waals surface area (Å²) in [7, 11) is -3.20. The van der Waals surface area contributed by atoms with Gasteiger partial charge in [-0.15, -0.1) is 0 Å². The van der Waals surface area contributed by atoms with Crippen molar-refractivity contribution in [1.29, 1.82) is 0 Å². The molecule has 0 aromatic carbocycles. The third-order valence-corrected chi connectivity index (χ3v) is 6.03. The Morgan fingerprint density at radius 2 is 1.89 bits per heavy atom. The van der Waals surface area contributed by atoms with E-state index in [4.69, 9.17) is 4.74 Å². The van der Waals surface area contributed by atoms with Crippen LogP contribution in [0.2, 0.25) is 0 Å². The van der Waals surface area contributed by atoms with Gasteiger partial charge in [-0.3, -0.25) is 0 Å². The molecule has 0 bridgehead atoms. The lowest BCUT2D eigenvalue weighted by Crippen LogP contribution is -2.58. The van der Waals surface area contributed by atoms with Gasteiger partial charge in [-0.2, -0.15) is 4.31 Å². The number of ether oxygens (including phenoxy) is 1. The van der Waals surface area contributed by atoms with Crippen molar-refractivity contribution in [2.24, 2.45) is 0 Å². The molecule has 19 heavy (non-hydrogen) atoms. The Kier molecular flexibility index (Phi) is 4.55. The monoisotopic (exact) mass is 290 g/mol. The third kappa shape index (κ3) is 3.68. The molecule has 2 aliphatic heterocycles. The zero-order valence-electron chi connectivity index (χ0n) is 12.3. The summed E-state index contributed by atoms with van der Waals surface area (Å²) in [6.07, 6.45) is 2.37. The number of morpholine rings is 1. The van der Waals surface area contributed by atoms with Crippen LogP contribution in [0.25, 0.3) is 0 Å². The Labute approximate surface area is 117 Å². The molecule has 0 spiro atoms. The van der Waals surface area contributed by atoms with Gasteiger partial charge in [-0.1, -0.05) is 0 Å². The van der Waals surface area contributed by atoms with Crippen molar-refractivity contribution >= 4 is 10.0 Å². The van der Waals surface area contributed by atoms with E-state index in [0.29, 0.717) is 19.7 Å². The Balaban J connectivity index is 2.00. The Hall–Kier alpha value is -0.170. The van der Waals surface area contributed by atoms with E-state index in [2.05, 4.69) is 4.90 Å². The third-order valence-electron chi connectivity index (χ3n) is 4.02. The van der Waals surface area contributed by atoms with Crippen molar-refractivity contribution in [3.8, 4) is 0 Å². The van der Waals surface area contributed by atoms with Crippen LogP contribution in [0.1, 0.15) is 33.6 Å². The molecule has 2 fully saturated rings. The summed E-state index contributed by atoms with van der Waals surface area (Å²) in [6.45, 7) is 9.48. The van der Waals surface area contributed by atoms with Gasteiger partial charge in [-0.25, -0.2) is 8.42 Å². The predicted molar refractivity (Wildman–Crippen MR) is 75.7 cm³/mol. The minimum absolute atomic E-state index is 0.0189. The van der Waals surface area contributed by atoms with E-state index in [1.807, 2.05) is 20.8 Å². The van der Waals surface area contributed by atoms with Gasteiger partial charge in [-0.05, 0) is 46.7 Å². The summed E-state index contributed by atoms with van der Waals surface area (Å²) >= 11 is 0. The summed E-state index contributed by atoms with van der Waals surface area (Å²) in [5, 5.41) is 0. The predicted octanol–water partition coefficient (Wildman–Crippen LogP) is 0.911. The molecule has 0 amide bonds. The molecule has 2 aliphatic rings. The van der Waals surface area contributed by atoms with Gasteiger partial charge >= 0.3 is 0 Å². The fraction of sp³-hybridized carbons (Fsp3) is 1.00. The van der Waals surface area contributed by atoms with Gasteiger partial charge in [0.25, 0.3) is 0 Å². The first-order valence-corrected chi connectivity index (χ1v) is 8.77. The Morgan fingerprint density at radius 1 is 1.26 bits per heavy atom. The van der Waals surface area contributed by atoms with Crippen LogP contribution >= 0.6 is 0 Å². The highest BCUT2D eigenvalue weighted by molar-refractivity contribution is 7.89. The van der Waals surface area contributed by atoms with E-state index in [9.17, 15) is 8.42 Å². The van der Waals surface area contributed by atoms with Crippen LogP contribution in [0.15, 0.2) is 0 Å². The topological polar surface area (TPSA) is 49.9 Å². The van der Waals surface area contributed by atoms with E-state index < -0.39 is 15.6 Å². The van der Waals surface area contributed by atoms with Crippen LogP contribution in [0.5, 0.6) is 0 Å². The maximum Gasteiger partial charge on any atom is 0.216 e. The molecule has 0 aliphatic carbocycles. The molecular formula is C13H26N2O3S. The van der Waals surface area contributed by atoms with Gasteiger partial charge in [0.15, 0.2) is 0 Å². The molecule has 0 aromatic rings. The zero-order chi connectivity index (χ0) is 14.1. The van der Waals surface area contributed by atoms with Gasteiger partial charge in [0.1, 0.15) is 0 Å². The summed E-state index contributed by atoms with van der Waals surface area (Å²) in [4.78, 5) is 2.24. The van der Waals surface area contributed by atoms with Crippen LogP contribution in [-0.4, -0.2) is 67.8 Å². The number of likely N-dealkylation sites (tertiary alicyclic amines) is 1. The number of nitrogens with zero attached hydrogens (tertiary/aromatic N) is 2. The van der Waals surface area contributed by atoms with Crippen molar-refractivity contribution in [3.63, 3.8) is 0 Å². The van der Waals surface area contributed by atoms with E-state index in [1.54, 1.807) is 4.31 Å². The highest BCUT2D eigenvalue weighted by Gasteiger charge is 2.40. The molecule has 2 saturated heterocycles. The smallest absolute Gasteiger partial charge is 0.216 e. The van der Waals surface area contributed by atoms with Crippen LogP contribution in [0.3, 0.4) is 0 Å². The SMILES string of the molecule is CC1CN(S(=O)(=O)CCN2CCCC2)C(C)(C)CO1. The summed E-state index contributed by atoms with van der Waals surface area (Å²) in [5.74, 6) is 0.225. The largest absolute Gasteiger partial charge is 0.375 e. The molecule has 5 nitrogen and oxygen atoms in total. The average molecular weight is 290 g/mol. The van der Waals surface area contributed by atoms with Crippen LogP contribution in [0, 0.1) is 0 Å². The molecular weight excluding hydrogens is 264 g/mol. The van der Waals surface area contributed by atoms with Gasteiger partial charge < -0.3 is 9.64 Å². The van der Waals surface area contributed by atoms with Crippen molar-refractivity contribution in [1.82, 2.24) is 9.21 Å². The number of sulfonamides is 1. The maximum atomic E-state index is 12.5. The molecule has 0 radical (unpaired) electrons. The molecule has 112 valence electrons. The first-order chi connectivity index (χ1) is 8.81. The van der Waals surface area contributed by atoms with Crippen molar-refractivity contribution in [2.75, 3.05) is 38.5 Å². The highest BCUT2D eigenvalue weighted by Crippen LogP contribution is 2.25. The first-order valence-electron chi connectivity index (χ1n) is 7.16. The maximum absolute atomic E-state index is 12.5. The summed E-state index contributed by atoms with van der Waals surface area (Å²) in [6, 6.07) is 0. The molecule has 0 aromatic heterocycles. The van der Waals surface area contributed by atoms with Crippen molar-refractivity contribution < 1.29 is 13.2 Å². The van der Waals surface area contributed by atoms with Gasteiger partial charge in [0, 0.05) is 13.1 Å². The minimum atomic E-state index is -3.20. The van der Waals surface area contributed by atoms with E-state index in [-0.39, 0.29) is 11.9 Å². The molecule has 1 unspecified atom stereocenters. The van der Waals surface area contributed by atoms with E-state index >= 15 is 0 Å². The number of hydrogen-bond donors (Lipinski definition) is 0. The lowest BCUT2D eigenvalue weighted by molar-refractivity contribution is -0.0551. The molecule has 2 rings (SSSR count). The lowest BCUT2D eigenvalue weighted by Gasteiger charge is -2.43. The highest BCUT2D eigenvalue weighted by atomic mass is 32.2. The molecule has 1 atom stereocenters. The fourth-order valence-corrected chi connectivity index (χ4v) is 4.75. The van der Waals surface area contributed by atoms with Gasteiger partial charge in [0.2, 0.25) is 10.0 Å². The molecule has 0 saturated carbocycles. The van der Waals surface area contributed by atoms with Crippen LogP contribution in [-0.2, 0) is 14.8 Å². The molecule has 0 N–H and O–H groups in total. The fourth-order valence-electron chi connectivity index (χ4n) is 2.80. The van der Waals surface area contributed by atoms with Gasteiger partial charge in [0.05, 0.1) is 24.0 Å². The lowest BCUT2D eigenvalue weighted by atomic mass is 10.1. The van der Waals surface area contributed by atoms with Crippen LogP contribution < -0.4 is 0 Å². The van der Waals surface area contributed by atoms with Crippen molar-refractivity contribution in [2.45, 2.75) is 45.3 Å². The minimum Gasteiger partial charge on any atom is -0.375 e. The van der Waals surface area contributed by atoms with E-state index in [0.717, 1.165) is 13.1 Å². The zero-order valence-corrected chi connectivity index (χ0v) is 13.1. The Bertz CT molecular complexity index is 402. The second kappa shape index (κ2) is 5.68.